The van der Waals surface area contributed by atoms with Gasteiger partial charge in [0.1, 0.15) is 5.00 Å². The number of thiophene rings is 1. The predicted octanol–water partition coefficient (Wildman–Crippen LogP) is 3.91. The molecule has 0 radical (unpaired) electrons. The number of nitro benzene ring substituents is 1. The van der Waals surface area contributed by atoms with Gasteiger partial charge in [0.05, 0.1) is 10.5 Å². The van der Waals surface area contributed by atoms with Gasteiger partial charge in [0, 0.05) is 22.6 Å². The highest BCUT2D eigenvalue weighted by Gasteiger charge is 2.28. The van der Waals surface area contributed by atoms with Crippen LogP contribution in [0.3, 0.4) is 0 Å². The molecular formula is C19H21N3O4S. The molecule has 1 aromatic carbocycles. The van der Waals surface area contributed by atoms with Crippen LogP contribution in [-0.4, -0.2) is 16.7 Å². The molecule has 142 valence electrons. The Bertz CT molecular complexity index is 906. The van der Waals surface area contributed by atoms with Crippen LogP contribution in [0.4, 0.5) is 10.7 Å². The minimum absolute atomic E-state index is 0.161. The quantitative estimate of drug-likeness (QED) is 0.577. The Hall–Kier alpha value is -2.74. The summed E-state index contributed by atoms with van der Waals surface area (Å²) in [5, 5.41) is 14.1. The number of anilines is 1. The summed E-state index contributed by atoms with van der Waals surface area (Å²) in [5.74, 6) is -0.470. The fourth-order valence-electron chi connectivity index (χ4n) is 3.59. The highest BCUT2D eigenvalue weighted by Crippen LogP contribution is 2.40. The summed E-state index contributed by atoms with van der Waals surface area (Å²) in [5.41, 5.74) is 6.90. The first-order valence-corrected chi connectivity index (χ1v) is 9.72. The van der Waals surface area contributed by atoms with Crippen LogP contribution < -0.4 is 11.1 Å². The van der Waals surface area contributed by atoms with E-state index in [0.717, 1.165) is 42.5 Å². The van der Waals surface area contributed by atoms with Crippen molar-refractivity contribution in [2.45, 2.75) is 39.0 Å². The third-order valence-electron chi connectivity index (χ3n) is 4.86. The van der Waals surface area contributed by atoms with Gasteiger partial charge in [-0.05, 0) is 36.8 Å². The minimum Gasteiger partial charge on any atom is -0.365 e. The monoisotopic (exact) mass is 387 g/mol. The fraction of sp³-hybridized carbons (Fsp3) is 0.368. The molecule has 1 aliphatic rings. The number of non-ortho nitro benzene ring substituents is 1. The maximum absolute atomic E-state index is 12.6. The summed E-state index contributed by atoms with van der Waals surface area (Å²) in [7, 11) is 0. The number of carbonyl (C=O) groups excluding carboxylic acids is 2. The van der Waals surface area contributed by atoms with Crippen molar-refractivity contribution < 1.29 is 14.5 Å². The average molecular weight is 387 g/mol. The number of nitro groups is 1. The number of nitrogens with zero attached hydrogens (tertiary/aromatic N) is 1. The number of fused-ring (bicyclic) bond motifs is 1. The van der Waals surface area contributed by atoms with Crippen LogP contribution in [0.25, 0.3) is 0 Å². The van der Waals surface area contributed by atoms with Crippen molar-refractivity contribution in [3.8, 4) is 0 Å². The van der Waals surface area contributed by atoms with Crippen molar-refractivity contribution in [3.05, 3.63) is 55.9 Å². The van der Waals surface area contributed by atoms with Gasteiger partial charge in [-0.2, -0.15) is 0 Å². The molecule has 1 aromatic heterocycles. The Morgan fingerprint density at radius 3 is 2.85 bits per heavy atom. The summed E-state index contributed by atoms with van der Waals surface area (Å²) >= 11 is 1.39. The van der Waals surface area contributed by atoms with Crippen LogP contribution in [0.1, 0.15) is 57.3 Å². The molecule has 2 aromatic rings. The van der Waals surface area contributed by atoms with E-state index in [1.165, 1.54) is 35.6 Å². The number of nitrogens with two attached hydrogens (primary N) is 1. The number of primary amides is 1. The van der Waals surface area contributed by atoms with Gasteiger partial charge in [0.25, 0.3) is 17.5 Å². The zero-order valence-corrected chi connectivity index (χ0v) is 15.8. The first-order valence-electron chi connectivity index (χ1n) is 8.90. The zero-order valence-electron chi connectivity index (χ0n) is 15.0. The molecule has 1 unspecified atom stereocenters. The maximum atomic E-state index is 12.6. The molecule has 1 atom stereocenters. The highest BCUT2D eigenvalue weighted by molar-refractivity contribution is 7.17. The third-order valence-corrected chi connectivity index (χ3v) is 6.03. The second kappa shape index (κ2) is 7.87. The van der Waals surface area contributed by atoms with Crippen molar-refractivity contribution in [1.82, 2.24) is 0 Å². The topological polar surface area (TPSA) is 115 Å². The normalized spacial score (nSPS) is 15.8. The first kappa shape index (κ1) is 19.0. The molecular weight excluding hydrogens is 366 g/mol. The van der Waals surface area contributed by atoms with Gasteiger partial charge in [-0.15, -0.1) is 11.3 Å². The van der Waals surface area contributed by atoms with Crippen molar-refractivity contribution in [3.63, 3.8) is 0 Å². The highest BCUT2D eigenvalue weighted by atomic mass is 32.1. The largest absolute Gasteiger partial charge is 0.365 e. The molecule has 0 spiro atoms. The molecule has 0 bridgehead atoms. The number of carbonyl (C=O) groups is 2. The predicted molar refractivity (Wildman–Crippen MR) is 104 cm³/mol. The van der Waals surface area contributed by atoms with Crippen LogP contribution in [0.5, 0.6) is 0 Å². The number of nitrogens with one attached hydrogen (secondary N) is 1. The molecule has 0 fully saturated rings. The van der Waals surface area contributed by atoms with Crippen LogP contribution in [0.2, 0.25) is 0 Å². The standard InChI is InChI=1S/C19H21N3O4S/c1-2-4-11-7-8-14-15(9-11)27-19(16(14)17(20)23)21-18(24)12-5-3-6-13(10-12)22(25)26/h3,5-6,10-11H,2,4,7-9H2,1H3,(H2,20,23)(H,21,24). The zero-order chi connectivity index (χ0) is 19.6. The Balaban J connectivity index is 1.89. The number of hydrogen-bond acceptors (Lipinski definition) is 5. The molecule has 7 nitrogen and oxygen atoms in total. The number of rotatable bonds is 6. The Kier molecular flexibility index (Phi) is 5.55. The van der Waals surface area contributed by atoms with Gasteiger partial charge in [0.2, 0.25) is 0 Å². The molecule has 1 aliphatic carbocycles. The lowest BCUT2D eigenvalue weighted by molar-refractivity contribution is -0.384. The van der Waals surface area contributed by atoms with Crippen molar-refractivity contribution in [2.24, 2.45) is 11.7 Å². The SMILES string of the molecule is CCCC1CCc2c(sc(NC(=O)c3cccc([N+](=O)[O-])c3)c2C(N)=O)C1. The lowest BCUT2D eigenvalue weighted by atomic mass is 9.84. The van der Waals surface area contributed by atoms with Crippen molar-refractivity contribution >= 4 is 33.8 Å². The van der Waals surface area contributed by atoms with Gasteiger partial charge in [-0.25, -0.2) is 0 Å². The second-order valence-electron chi connectivity index (χ2n) is 6.73. The Morgan fingerprint density at radius 2 is 2.19 bits per heavy atom. The van der Waals surface area contributed by atoms with E-state index in [0.29, 0.717) is 16.5 Å². The maximum Gasteiger partial charge on any atom is 0.270 e. The van der Waals surface area contributed by atoms with Crippen LogP contribution in [0, 0.1) is 16.0 Å². The smallest absolute Gasteiger partial charge is 0.270 e. The van der Waals surface area contributed by atoms with Crippen LogP contribution in [-0.2, 0) is 12.8 Å². The van der Waals surface area contributed by atoms with Crippen LogP contribution in [0.15, 0.2) is 24.3 Å². The lowest BCUT2D eigenvalue weighted by Gasteiger charge is -2.21. The molecule has 0 aliphatic heterocycles. The molecule has 0 saturated carbocycles. The molecule has 0 saturated heterocycles. The van der Waals surface area contributed by atoms with Gasteiger partial charge in [-0.3, -0.25) is 19.7 Å². The summed E-state index contributed by atoms with van der Waals surface area (Å²) in [6.45, 7) is 2.16. The van der Waals surface area contributed by atoms with Gasteiger partial charge < -0.3 is 11.1 Å². The average Bonchev–Trinajstić information content (AvgIpc) is 2.99. The molecule has 3 N–H and O–H groups in total. The summed E-state index contributed by atoms with van der Waals surface area (Å²) in [6, 6.07) is 5.49. The number of hydrogen-bond donors (Lipinski definition) is 2. The summed E-state index contributed by atoms with van der Waals surface area (Å²) in [6.07, 6.45) is 4.93. The van der Waals surface area contributed by atoms with E-state index in [4.69, 9.17) is 5.73 Å². The number of benzene rings is 1. The Labute approximate surface area is 160 Å². The van der Waals surface area contributed by atoms with Crippen molar-refractivity contribution in [1.29, 1.82) is 0 Å². The second-order valence-corrected chi connectivity index (χ2v) is 7.84. The van der Waals surface area contributed by atoms with E-state index in [9.17, 15) is 19.7 Å². The third kappa shape index (κ3) is 4.00. The molecule has 27 heavy (non-hydrogen) atoms. The lowest BCUT2D eigenvalue weighted by Crippen LogP contribution is -2.20. The molecule has 3 rings (SSSR count). The van der Waals surface area contributed by atoms with E-state index < -0.39 is 16.7 Å². The minimum atomic E-state index is -0.559. The first-order chi connectivity index (χ1) is 12.9. The van der Waals surface area contributed by atoms with Gasteiger partial charge in [0.15, 0.2) is 0 Å². The summed E-state index contributed by atoms with van der Waals surface area (Å²) < 4.78 is 0. The summed E-state index contributed by atoms with van der Waals surface area (Å²) in [4.78, 5) is 36.0. The van der Waals surface area contributed by atoms with E-state index in [1.807, 2.05) is 0 Å². The molecule has 1 heterocycles. The van der Waals surface area contributed by atoms with Gasteiger partial charge >= 0.3 is 0 Å². The van der Waals surface area contributed by atoms with Crippen molar-refractivity contribution in [2.75, 3.05) is 5.32 Å². The fourth-order valence-corrected chi connectivity index (χ4v) is 4.96. The molecule has 2 amide bonds. The van der Waals surface area contributed by atoms with E-state index in [1.54, 1.807) is 0 Å². The van der Waals surface area contributed by atoms with E-state index >= 15 is 0 Å². The molecule has 8 heteroatoms. The van der Waals surface area contributed by atoms with E-state index in [2.05, 4.69) is 12.2 Å². The van der Waals surface area contributed by atoms with Crippen LogP contribution >= 0.6 is 11.3 Å². The number of amides is 2. The Morgan fingerprint density at radius 1 is 1.41 bits per heavy atom. The van der Waals surface area contributed by atoms with Gasteiger partial charge in [-0.1, -0.05) is 25.8 Å². The van der Waals surface area contributed by atoms with E-state index in [-0.39, 0.29) is 11.3 Å².